The number of esters is 1. The fourth-order valence-corrected chi connectivity index (χ4v) is 2.43. The molecule has 2 atom stereocenters. The lowest BCUT2D eigenvalue weighted by molar-refractivity contribution is -0.250. The summed E-state index contributed by atoms with van der Waals surface area (Å²) in [6, 6.07) is 0. The quantitative estimate of drug-likeness (QED) is 0.607. The number of thiocarbonyl (C=S) groups is 1. The van der Waals surface area contributed by atoms with Gasteiger partial charge >= 0.3 is 5.97 Å². The number of nitrogens with one attached hydrogen (secondary N) is 1. The highest BCUT2D eigenvalue weighted by Crippen LogP contribution is 2.20. The average Bonchev–Trinajstić information content (AvgIpc) is 2.93. The minimum Gasteiger partial charge on any atom is -0.430 e. The van der Waals surface area contributed by atoms with E-state index in [1.54, 1.807) is 20.8 Å². The van der Waals surface area contributed by atoms with Gasteiger partial charge in [-0.3, -0.25) is 4.79 Å². The van der Waals surface area contributed by atoms with Crippen LogP contribution in [0.1, 0.15) is 33.6 Å². The molecule has 0 unspecified atom stereocenters. The largest absolute Gasteiger partial charge is 0.430 e. The topological polar surface area (TPSA) is 60.0 Å². The third kappa shape index (κ3) is 4.52. The van der Waals surface area contributed by atoms with E-state index in [0.717, 1.165) is 25.9 Å². The van der Waals surface area contributed by atoms with Crippen LogP contribution in [0.25, 0.3) is 0 Å². The van der Waals surface area contributed by atoms with Crippen LogP contribution in [0.15, 0.2) is 0 Å². The molecule has 2 fully saturated rings. The summed E-state index contributed by atoms with van der Waals surface area (Å²) in [6.07, 6.45) is 0.961. The summed E-state index contributed by atoms with van der Waals surface area (Å²) in [7, 11) is 0. The molecular formula is C14H24N2O4S. The summed E-state index contributed by atoms with van der Waals surface area (Å²) < 4.78 is 16.5. The van der Waals surface area contributed by atoms with Gasteiger partial charge in [0.05, 0.1) is 18.6 Å². The number of carbonyl (C=O) groups excluding carboxylic acids is 1. The molecule has 0 aliphatic carbocycles. The number of nitrogens with zero attached hydrogens (tertiary/aromatic N) is 1. The second kappa shape index (κ2) is 6.89. The second-order valence-corrected chi connectivity index (χ2v) is 6.72. The van der Waals surface area contributed by atoms with Crippen LogP contribution >= 0.6 is 12.2 Å². The summed E-state index contributed by atoms with van der Waals surface area (Å²) in [5, 5.41) is 3.73. The van der Waals surface area contributed by atoms with Gasteiger partial charge in [-0.05, 0) is 45.8 Å². The molecule has 0 amide bonds. The minimum absolute atomic E-state index is 0.322. The highest BCUT2D eigenvalue weighted by molar-refractivity contribution is 7.80. The van der Waals surface area contributed by atoms with Crippen molar-refractivity contribution < 1.29 is 19.0 Å². The van der Waals surface area contributed by atoms with Gasteiger partial charge < -0.3 is 24.4 Å². The number of hydrogen-bond donors (Lipinski definition) is 1. The Kier molecular flexibility index (Phi) is 5.40. The third-order valence-electron chi connectivity index (χ3n) is 3.40. The van der Waals surface area contributed by atoms with Gasteiger partial charge in [-0.25, -0.2) is 0 Å². The van der Waals surface area contributed by atoms with Crippen LogP contribution in [0.3, 0.4) is 0 Å². The summed E-state index contributed by atoms with van der Waals surface area (Å²) in [4.78, 5) is 14.1. The fourth-order valence-electron chi connectivity index (χ4n) is 2.13. The lowest BCUT2D eigenvalue weighted by atomic mass is 9.97. The standard InChI is InChI=1S/C14H24N2O4S/c1-14(2,3)12(17)20-11-10(18-8-9-19-11)15-13(21)16-6-4-5-7-16/h10-11H,4-9H2,1-3H3,(H,15,21)/t10-,11-/m1/s1. The fraction of sp³-hybridized carbons (Fsp3) is 0.857. The number of ether oxygens (including phenoxy) is 3. The SMILES string of the molecule is CC(C)(C)C(=O)O[C@H]1OCCO[C@H]1NC(=S)N1CCCC1. The van der Waals surface area contributed by atoms with Crippen LogP contribution in [0.4, 0.5) is 0 Å². The molecule has 2 heterocycles. The maximum atomic E-state index is 12.0. The van der Waals surface area contributed by atoms with Gasteiger partial charge in [0, 0.05) is 13.1 Å². The molecule has 2 aliphatic heterocycles. The molecule has 1 N–H and O–H groups in total. The van der Waals surface area contributed by atoms with Crippen molar-refractivity contribution in [3.8, 4) is 0 Å². The zero-order valence-corrected chi connectivity index (χ0v) is 13.7. The molecule has 21 heavy (non-hydrogen) atoms. The normalized spacial score (nSPS) is 26.5. The molecule has 2 aliphatic rings. The summed E-state index contributed by atoms with van der Waals surface area (Å²) in [6.45, 7) is 8.15. The summed E-state index contributed by atoms with van der Waals surface area (Å²) in [5.74, 6) is -0.322. The van der Waals surface area contributed by atoms with E-state index in [4.69, 9.17) is 26.4 Å². The van der Waals surface area contributed by atoms with Gasteiger partial charge in [-0.15, -0.1) is 0 Å². The molecule has 0 bridgehead atoms. The van der Waals surface area contributed by atoms with Gasteiger partial charge in [-0.2, -0.15) is 0 Å². The van der Waals surface area contributed by atoms with E-state index >= 15 is 0 Å². The Labute approximate surface area is 131 Å². The van der Waals surface area contributed by atoms with Crippen molar-refractivity contribution in [1.82, 2.24) is 10.2 Å². The summed E-state index contributed by atoms with van der Waals surface area (Å²) >= 11 is 5.37. The molecule has 0 saturated carbocycles. The van der Waals surface area contributed by atoms with E-state index in [2.05, 4.69) is 10.2 Å². The van der Waals surface area contributed by atoms with Gasteiger partial charge in [0.25, 0.3) is 0 Å². The Hall–Kier alpha value is -0.920. The van der Waals surface area contributed by atoms with E-state index < -0.39 is 17.9 Å². The Morgan fingerprint density at radius 3 is 2.48 bits per heavy atom. The second-order valence-electron chi connectivity index (χ2n) is 6.33. The summed E-state index contributed by atoms with van der Waals surface area (Å²) in [5.41, 5.74) is -0.583. The molecule has 6 nitrogen and oxygen atoms in total. The third-order valence-corrected chi connectivity index (χ3v) is 3.78. The van der Waals surface area contributed by atoms with E-state index in [9.17, 15) is 4.79 Å². The highest BCUT2D eigenvalue weighted by Gasteiger charge is 2.35. The van der Waals surface area contributed by atoms with Crippen molar-refractivity contribution in [2.75, 3.05) is 26.3 Å². The number of hydrogen-bond acceptors (Lipinski definition) is 5. The first-order chi connectivity index (χ1) is 9.88. The molecule has 0 spiro atoms. The van der Waals surface area contributed by atoms with Crippen molar-refractivity contribution in [3.63, 3.8) is 0 Å². The molecule has 7 heteroatoms. The lowest BCUT2D eigenvalue weighted by Crippen LogP contribution is -2.55. The Morgan fingerprint density at radius 1 is 1.24 bits per heavy atom. The lowest BCUT2D eigenvalue weighted by Gasteiger charge is -2.34. The van der Waals surface area contributed by atoms with E-state index in [-0.39, 0.29) is 5.97 Å². The molecule has 0 aromatic heterocycles. The smallest absolute Gasteiger partial charge is 0.313 e. The van der Waals surface area contributed by atoms with Gasteiger partial charge in [0.15, 0.2) is 11.3 Å². The number of likely N-dealkylation sites (tertiary alicyclic amines) is 1. The molecule has 2 rings (SSSR count). The van der Waals surface area contributed by atoms with Crippen LogP contribution in [0.2, 0.25) is 0 Å². The maximum absolute atomic E-state index is 12.0. The number of rotatable bonds is 2. The predicted molar refractivity (Wildman–Crippen MR) is 81.6 cm³/mol. The van der Waals surface area contributed by atoms with Gasteiger partial charge in [0.2, 0.25) is 6.29 Å². The van der Waals surface area contributed by atoms with E-state index in [1.807, 2.05) is 0 Å². The monoisotopic (exact) mass is 316 g/mol. The van der Waals surface area contributed by atoms with Crippen molar-refractivity contribution in [1.29, 1.82) is 0 Å². The van der Waals surface area contributed by atoms with Gasteiger partial charge in [0.1, 0.15) is 0 Å². The molecule has 0 aromatic rings. The average molecular weight is 316 g/mol. The predicted octanol–water partition coefficient (Wildman–Crippen LogP) is 1.24. The maximum Gasteiger partial charge on any atom is 0.313 e. The van der Waals surface area contributed by atoms with Crippen molar-refractivity contribution in [2.45, 2.75) is 46.1 Å². The van der Waals surface area contributed by atoms with Gasteiger partial charge in [-0.1, -0.05) is 0 Å². The Balaban J connectivity index is 1.92. The van der Waals surface area contributed by atoms with Crippen molar-refractivity contribution in [2.24, 2.45) is 5.41 Å². The molecular weight excluding hydrogens is 292 g/mol. The first-order valence-corrected chi connectivity index (χ1v) is 7.78. The zero-order valence-electron chi connectivity index (χ0n) is 12.9. The van der Waals surface area contributed by atoms with Crippen LogP contribution in [-0.4, -0.2) is 54.8 Å². The number of carbonyl (C=O) groups is 1. The van der Waals surface area contributed by atoms with Crippen LogP contribution in [0.5, 0.6) is 0 Å². The first kappa shape index (κ1) is 16.5. The van der Waals surface area contributed by atoms with Crippen LogP contribution < -0.4 is 5.32 Å². The minimum atomic E-state index is -0.772. The van der Waals surface area contributed by atoms with Crippen molar-refractivity contribution >= 4 is 23.3 Å². The van der Waals surface area contributed by atoms with Crippen molar-refractivity contribution in [3.05, 3.63) is 0 Å². The molecule has 0 aromatic carbocycles. The Morgan fingerprint density at radius 2 is 1.86 bits per heavy atom. The molecule has 0 radical (unpaired) electrons. The van der Waals surface area contributed by atoms with E-state index in [0.29, 0.717) is 18.3 Å². The first-order valence-electron chi connectivity index (χ1n) is 7.37. The van der Waals surface area contributed by atoms with E-state index in [1.165, 1.54) is 0 Å². The highest BCUT2D eigenvalue weighted by atomic mass is 32.1. The molecule has 120 valence electrons. The zero-order chi connectivity index (χ0) is 15.5. The molecule has 2 saturated heterocycles. The Bertz CT molecular complexity index is 391. The van der Waals surface area contributed by atoms with Crippen LogP contribution in [-0.2, 0) is 19.0 Å². The van der Waals surface area contributed by atoms with Crippen LogP contribution in [0, 0.1) is 5.41 Å².